The summed E-state index contributed by atoms with van der Waals surface area (Å²) < 4.78 is 44.9. The first kappa shape index (κ1) is 16.6. The van der Waals surface area contributed by atoms with E-state index in [2.05, 4.69) is 15.9 Å². The molecule has 118 valence electrons. The molecular weight excluding hydrogens is 347 g/mol. The van der Waals surface area contributed by atoms with Crippen molar-refractivity contribution >= 4 is 21.6 Å². The third-order valence-corrected chi connectivity index (χ3v) is 4.53. The largest absolute Gasteiger partial charge is 0.418 e. The Labute approximate surface area is 131 Å². The lowest BCUT2D eigenvalue weighted by Crippen LogP contribution is -2.36. The minimum atomic E-state index is -4.32. The van der Waals surface area contributed by atoms with Crippen molar-refractivity contribution in [1.29, 1.82) is 0 Å². The predicted octanol–water partition coefficient (Wildman–Crippen LogP) is 4.46. The molecule has 1 aliphatic heterocycles. The molecule has 0 bridgehead atoms. The van der Waals surface area contributed by atoms with E-state index in [9.17, 15) is 13.2 Å². The van der Waals surface area contributed by atoms with E-state index in [4.69, 9.17) is 4.74 Å². The van der Waals surface area contributed by atoms with Crippen LogP contribution in [0.25, 0.3) is 0 Å². The second kappa shape index (κ2) is 7.01. The highest BCUT2D eigenvalue weighted by molar-refractivity contribution is 9.08. The van der Waals surface area contributed by atoms with Gasteiger partial charge in [0, 0.05) is 37.8 Å². The summed E-state index contributed by atoms with van der Waals surface area (Å²) in [7, 11) is 1.66. The van der Waals surface area contributed by atoms with E-state index in [1.54, 1.807) is 19.2 Å². The van der Waals surface area contributed by atoms with Gasteiger partial charge in [-0.3, -0.25) is 0 Å². The SMILES string of the molecule is COCC1CCN(c2ccc(CBr)cc2C(F)(F)F)CC1. The Morgan fingerprint density at radius 3 is 2.48 bits per heavy atom. The number of hydrogen-bond acceptors (Lipinski definition) is 2. The first-order chi connectivity index (χ1) is 9.95. The van der Waals surface area contributed by atoms with Gasteiger partial charge in [0.2, 0.25) is 0 Å². The number of benzene rings is 1. The topological polar surface area (TPSA) is 12.5 Å². The molecule has 0 aliphatic carbocycles. The molecule has 0 N–H and O–H groups in total. The third kappa shape index (κ3) is 4.13. The molecule has 1 aromatic rings. The number of piperidine rings is 1. The van der Waals surface area contributed by atoms with Gasteiger partial charge in [-0.05, 0) is 36.5 Å². The van der Waals surface area contributed by atoms with Gasteiger partial charge in [-0.25, -0.2) is 0 Å². The van der Waals surface area contributed by atoms with Gasteiger partial charge in [-0.2, -0.15) is 13.2 Å². The Morgan fingerprint density at radius 1 is 1.29 bits per heavy atom. The Balaban J connectivity index is 2.20. The number of alkyl halides is 4. The van der Waals surface area contributed by atoms with E-state index < -0.39 is 11.7 Å². The van der Waals surface area contributed by atoms with Crippen molar-refractivity contribution in [3.05, 3.63) is 29.3 Å². The van der Waals surface area contributed by atoms with Gasteiger partial charge in [-0.1, -0.05) is 22.0 Å². The molecule has 1 aromatic carbocycles. The molecule has 0 atom stereocenters. The fourth-order valence-electron chi connectivity index (χ4n) is 2.75. The second-order valence-corrected chi connectivity index (χ2v) is 5.93. The van der Waals surface area contributed by atoms with Crippen LogP contribution in [0.2, 0.25) is 0 Å². The number of nitrogens with zero attached hydrogens (tertiary/aromatic N) is 1. The van der Waals surface area contributed by atoms with Crippen molar-refractivity contribution in [2.24, 2.45) is 5.92 Å². The lowest BCUT2D eigenvalue weighted by atomic mass is 9.96. The van der Waals surface area contributed by atoms with E-state index in [1.165, 1.54) is 6.07 Å². The molecule has 0 unspecified atom stereocenters. The molecule has 0 saturated carbocycles. The van der Waals surface area contributed by atoms with E-state index >= 15 is 0 Å². The quantitative estimate of drug-likeness (QED) is 0.730. The summed E-state index contributed by atoms with van der Waals surface area (Å²) in [5.74, 6) is 0.447. The standard InChI is InChI=1S/C15H19BrF3NO/c1-21-10-11-4-6-20(7-5-11)14-3-2-12(9-16)8-13(14)15(17,18)19/h2-3,8,11H,4-7,9-10H2,1H3. The molecule has 1 heterocycles. The van der Waals surface area contributed by atoms with Crippen molar-refractivity contribution in [1.82, 2.24) is 0 Å². The Kier molecular flexibility index (Phi) is 5.54. The van der Waals surface area contributed by atoms with Crippen LogP contribution in [0, 0.1) is 5.92 Å². The molecule has 6 heteroatoms. The summed E-state index contributed by atoms with van der Waals surface area (Å²) in [6.45, 7) is 1.97. The molecule has 0 amide bonds. The lowest BCUT2D eigenvalue weighted by Gasteiger charge is -2.35. The number of rotatable bonds is 4. The highest BCUT2D eigenvalue weighted by atomic mass is 79.9. The van der Waals surface area contributed by atoms with Crippen LogP contribution < -0.4 is 4.90 Å². The first-order valence-corrected chi connectivity index (χ1v) is 8.07. The van der Waals surface area contributed by atoms with Crippen LogP contribution in [0.1, 0.15) is 24.0 Å². The summed E-state index contributed by atoms with van der Waals surface area (Å²) in [6.07, 6.45) is -2.59. The van der Waals surface area contributed by atoms with Crippen molar-refractivity contribution in [3.63, 3.8) is 0 Å². The Morgan fingerprint density at radius 2 is 1.95 bits per heavy atom. The van der Waals surface area contributed by atoms with E-state index in [-0.39, 0.29) is 0 Å². The number of halogens is 4. The van der Waals surface area contributed by atoms with Gasteiger partial charge in [0.25, 0.3) is 0 Å². The van der Waals surface area contributed by atoms with Crippen LogP contribution in [0.4, 0.5) is 18.9 Å². The molecule has 21 heavy (non-hydrogen) atoms. The molecule has 0 radical (unpaired) electrons. The summed E-state index contributed by atoms with van der Waals surface area (Å²) in [5.41, 5.74) is 0.396. The van der Waals surface area contributed by atoms with E-state index in [0.717, 1.165) is 12.8 Å². The van der Waals surface area contributed by atoms with Crippen LogP contribution in [0.5, 0.6) is 0 Å². The molecule has 1 fully saturated rings. The van der Waals surface area contributed by atoms with E-state index in [1.807, 2.05) is 4.90 Å². The fraction of sp³-hybridized carbons (Fsp3) is 0.600. The minimum Gasteiger partial charge on any atom is -0.384 e. The summed E-state index contributed by atoms with van der Waals surface area (Å²) in [5, 5.41) is 0.423. The highest BCUT2D eigenvalue weighted by Crippen LogP contribution is 2.38. The van der Waals surface area contributed by atoms with Gasteiger partial charge in [0.05, 0.1) is 5.56 Å². The van der Waals surface area contributed by atoms with Crippen LogP contribution in [0.15, 0.2) is 18.2 Å². The smallest absolute Gasteiger partial charge is 0.384 e. The normalized spacial score (nSPS) is 17.3. The van der Waals surface area contributed by atoms with Gasteiger partial charge in [0.15, 0.2) is 0 Å². The average molecular weight is 366 g/mol. The molecule has 1 saturated heterocycles. The number of ether oxygens (including phenoxy) is 1. The van der Waals surface area contributed by atoms with Crippen LogP contribution in [-0.4, -0.2) is 26.8 Å². The van der Waals surface area contributed by atoms with Gasteiger partial charge in [0.1, 0.15) is 0 Å². The van der Waals surface area contributed by atoms with E-state index in [0.29, 0.717) is 42.2 Å². The van der Waals surface area contributed by atoms with Gasteiger partial charge >= 0.3 is 6.18 Å². The molecule has 0 aromatic heterocycles. The second-order valence-electron chi connectivity index (χ2n) is 5.37. The summed E-state index contributed by atoms with van der Waals surface area (Å²) in [6, 6.07) is 4.59. The summed E-state index contributed by atoms with van der Waals surface area (Å²) in [4.78, 5) is 1.84. The van der Waals surface area contributed by atoms with Crippen molar-refractivity contribution in [3.8, 4) is 0 Å². The lowest BCUT2D eigenvalue weighted by molar-refractivity contribution is -0.137. The monoisotopic (exact) mass is 365 g/mol. The maximum absolute atomic E-state index is 13.3. The van der Waals surface area contributed by atoms with Crippen molar-refractivity contribution in [2.45, 2.75) is 24.3 Å². The van der Waals surface area contributed by atoms with Crippen LogP contribution >= 0.6 is 15.9 Å². The zero-order valence-electron chi connectivity index (χ0n) is 11.9. The molecule has 0 spiro atoms. The average Bonchev–Trinajstić information content (AvgIpc) is 2.47. The number of methoxy groups -OCH3 is 1. The molecule has 1 aliphatic rings. The van der Waals surface area contributed by atoms with Crippen LogP contribution in [-0.2, 0) is 16.2 Å². The first-order valence-electron chi connectivity index (χ1n) is 6.95. The number of anilines is 1. The number of hydrogen-bond donors (Lipinski definition) is 0. The highest BCUT2D eigenvalue weighted by Gasteiger charge is 2.35. The molecule has 2 nitrogen and oxygen atoms in total. The third-order valence-electron chi connectivity index (χ3n) is 3.88. The maximum Gasteiger partial charge on any atom is 0.418 e. The van der Waals surface area contributed by atoms with Crippen LogP contribution in [0.3, 0.4) is 0 Å². The van der Waals surface area contributed by atoms with Crippen molar-refractivity contribution in [2.75, 3.05) is 31.7 Å². The fourth-order valence-corrected chi connectivity index (χ4v) is 3.09. The Bertz CT molecular complexity index is 470. The maximum atomic E-state index is 13.3. The summed E-state index contributed by atoms with van der Waals surface area (Å²) >= 11 is 3.21. The molecule has 2 rings (SSSR count). The zero-order valence-corrected chi connectivity index (χ0v) is 13.5. The Hall–Kier alpha value is -0.750. The predicted molar refractivity (Wildman–Crippen MR) is 80.9 cm³/mol. The van der Waals surface area contributed by atoms with Gasteiger partial charge < -0.3 is 9.64 Å². The molecular formula is C15H19BrF3NO. The van der Waals surface area contributed by atoms with Crippen molar-refractivity contribution < 1.29 is 17.9 Å². The minimum absolute atomic E-state index is 0.295. The van der Waals surface area contributed by atoms with Gasteiger partial charge in [-0.15, -0.1) is 0 Å². The zero-order chi connectivity index (χ0) is 15.5.